The Morgan fingerprint density at radius 3 is 2.53 bits per heavy atom. The van der Waals surface area contributed by atoms with Gasteiger partial charge in [-0.1, -0.05) is 43.8 Å². The molecule has 0 heterocycles. The Balaban J connectivity index is 2.77. The highest BCUT2D eigenvalue weighted by Gasteiger charge is 1.99. The third kappa shape index (κ3) is 3.88. The minimum atomic E-state index is 0.620. The van der Waals surface area contributed by atoms with Crippen LogP contribution in [0.25, 0.3) is 5.70 Å². The van der Waals surface area contributed by atoms with E-state index in [0.29, 0.717) is 5.88 Å². The molecule has 15 heavy (non-hydrogen) atoms. The van der Waals surface area contributed by atoms with E-state index in [4.69, 9.17) is 11.6 Å². The molecule has 0 bridgehead atoms. The Kier molecular flexibility index (Phi) is 5.13. The van der Waals surface area contributed by atoms with Crippen LogP contribution >= 0.6 is 11.6 Å². The number of aliphatic imine (C=N–C) groups is 1. The van der Waals surface area contributed by atoms with Crippen molar-refractivity contribution in [3.05, 3.63) is 42.5 Å². The Morgan fingerprint density at radius 2 is 2.00 bits per heavy atom. The van der Waals surface area contributed by atoms with Crippen LogP contribution in [0.3, 0.4) is 0 Å². The van der Waals surface area contributed by atoms with Gasteiger partial charge in [-0.25, -0.2) is 0 Å². The number of rotatable bonds is 5. The SMILES string of the molecule is C=C(N=C(CC)CCCl)c1ccccc1. The van der Waals surface area contributed by atoms with Gasteiger partial charge in [-0.3, -0.25) is 4.99 Å². The first-order valence-electron chi connectivity index (χ1n) is 5.14. The number of alkyl halides is 1. The van der Waals surface area contributed by atoms with Gasteiger partial charge in [-0.05, 0) is 18.4 Å². The van der Waals surface area contributed by atoms with Crippen molar-refractivity contribution in [2.75, 3.05) is 5.88 Å². The van der Waals surface area contributed by atoms with Gasteiger partial charge in [0.05, 0.1) is 5.70 Å². The molecule has 0 spiro atoms. The molecular formula is C13H16ClN. The smallest absolute Gasteiger partial charge is 0.0629 e. The first-order chi connectivity index (χ1) is 7.27. The van der Waals surface area contributed by atoms with Gasteiger partial charge in [0.15, 0.2) is 0 Å². The molecule has 80 valence electrons. The van der Waals surface area contributed by atoms with Gasteiger partial charge < -0.3 is 0 Å². The van der Waals surface area contributed by atoms with E-state index in [1.165, 1.54) is 0 Å². The maximum Gasteiger partial charge on any atom is 0.0629 e. The molecule has 1 rings (SSSR count). The highest BCUT2D eigenvalue weighted by Crippen LogP contribution is 2.14. The van der Waals surface area contributed by atoms with E-state index in [-0.39, 0.29) is 0 Å². The lowest BCUT2D eigenvalue weighted by Gasteiger charge is -2.04. The molecule has 0 amide bonds. The Hall–Kier alpha value is -1.08. The summed E-state index contributed by atoms with van der Waals surface area (Å²) in [7, 11) is 0. The minimum absolute atomic E-state index is 0.620. The van der Waals surface area contributed by atoms with Gasteiger partial charge in [0.2, 0.25) is 0 Å². The molecular weight excluding hydrogens is 206 g/mol. The largest absolute Gasteiger partial charge is 0.258 e. The summed E-state index contributed by atoms with van der Waals surface area (Å²) in [4.78, 5) is 4.49. The summed E-state index contributed by atoms with van der Waals surface area (Å²) in [5, 5.41) is 0. The molecule has 0 aliphatic heterocycles. The summed E-state index contributed by atoms with van der Waals surface area (Å²) in [5.41, 5.74) is 2.99. The molecule has 1 nitrogen and oxygen atoms in total. The Morgan fingerprint density at radius 1 is 1.33 bits per heavy atom. The highest BCUT2D eigenvalue weighted by atomic mass is 35.5. The Labute approximate surface area is 96.5 Å². The normalized spacial score (nSPS) is 11.5. The number of halogens is 1. The molecule has 2 heteroatoms. The first kappa shape index (κ1) is 12.0. The maximum atomic E-state index is 5.69. The first-order valence-corrected chi connectivity index (χ1v) is 5.68. The van der Waals surface area contributed by atoms with Crippen molar-refractivity contribution in [1.82, 2.24) is 0 Å². The average Bonchev–Trinajstić information content (AvgIpc) is 2.29. The van der Waals surface area contributed by atoms with Crippen molar-refractivity contribution in [3.63, 3.8) is 0 Å². The van der Waals surface area contributed by atoms with Crippen molar-refractivity contribution >= 4 is 23.0 Å². The molecule has 0 aromatic heterocycles. The van der Waals surface area contributed by atoms with Crippen LogP contribution in [0.15, 0.2) is 41.9 Å². The fourth-order valence-electron chi connectivity index (χ4n) is 1.31. The summed E-state index contributed by atoms with van der Waals surface area (Å²) in [6, 6.07) is 9.99. The second kappa shape index (κ2) is 6.41. The maximum absolute atomic E-state index is 5.69. The number of hydrogen-bond acceptors (Lipinski definition) is 1. The number of benzene rings is 1. The second-order valence-electron chi connectivity index (χ2n) is 3.28. The zero-order valence-electron chi connectivity index (χ0n) is 9.04. The molecule has 0 saturated carbocycles. The van der Waals surface area contributed by atoms with Gasteiger partial charge in [0.25, 0.3) is 0 Å². The van der Waals surface area contributed by atoms with E-state index < -0.39 is 0 Å². The van der Waals surface area contributed by atoms with Crippen molar-refractivity contribution in [2.24, 2.45) is 4.99 Å². The molecule has 0 aliphatic rings. The third-order valence-corrected chi connectivity index (χ3v) is 2.38. The molecule has 0 aliphatic carbocycles. The summed E-state index contributed by atoms with van der Waals surface area (Å²) >= 11 is 5.69. The van der Waals surface area contributed by atoms with Crippen LogP contribution in [0.2, 0.25) is 0 Å². The molecule has 0 saturated heterocycles. The second-order valence-corrected chi connectivity index (χ2v) is 3.66. The molecule has 0 N–H and O–H groups in total. The average molecular weight is 222 g/mol. The molecule has 1 aromatic carbocycles. The molecule has 0 unspecified atom stereocenters. The van der Waals surface area contributed by atoms with Crippen molar-refractivity contribution in [3.8, 4) is 0 Å². The van der Waals surface area contributed by atoms with Crippen LogP contribution in [0, 0.1) is 0 Å². The monoisotopic (exact) mass is 221 g/mol. The quantitative estimate of drug-likeness (QED) is 0.524. The van der Waals surface area contributed by atoms with Gasteiger partial charge in [0.1, 0.15) is 0 Å². The molecule has 0 atom stereocenters. The lowest BCUT2D eigenvalue weighted by Crippen LogP contribution is -1.97. The molecule has 0 fully saturated rings. The van der Waals surface area contributed by atoms with E-state index in [1.807, 2.05) is 30.3 Å². The van der Waals surface area contributed by atoms with Crippen LogP contribution in [-0.2, 0) is 0 Å². The van der Waals surface area contributed by atoms with E-state index in [2.05, 4.69) is 18.5 Å². The van der Waals surface area contributed by atoms with E-state index in [1.54, 1.807) is 0 Å². The summed E-state index contributed by atoms with van der Waals surface area (Å²) in [6.45, 7) is 6.05. The van der Waals surface area contributed by atoms with Crippen LogP contribution in [0.5, 0.6) is 0 Å². The highest BCUT2D eigenvalue weighted by molar-refractivity contribution is 6.19. The lowest BCUT2D eigenvalue weighted by molar-refractivity contribution is 1.16. The van der Waals surface area contributed by atoms with Crippen LogP contribution in [-0.4, -0.2) is 11.6 Å². The summed E-state index contributed by atoms with van der Waals surface area (Å²) in [6.07, 6.45) is 1.77. The van der Waals surface area contributed by atoms with E-state index in [0.717, 1.165) is 29.8 Å². The standard InChI is InChI=1S/C13H16ClN/c1-3-13(9-10-14)15-11(2)12-7-5-4-6-8-12/h4-8H,2-3,9-10H2,1H3. The number of hydrogen-bond donors (Lipinski definition) is 0. The van der Waals surface area contributed by atoms with Gasteiger partial charge in [-0.15, -0.1) is 11.6 Å². The number of nitrogens with zero attached hydrogens (tertiary/aromatic N) is 1. The molecule has 0 radical (unpaired) electrons. The predicted octanol–water partition coefficient (Wildman–Crippen LogP) is 4.14. The predicted molar refractivity (Wildman–Crippen MR) is 68.5 cm³/mol. The lowest BCUT2D eigenvalue weighted by atomic mass is 10.1. The van der Waals surface area contributed by atoms with Crippen LogP contribution in [0.4, 0.5) is 0 Å². The zero-order valence-corrected chi connectivity index (χ0v) is 9.80. The zero-order chi connectivity index (χ0) is 11.1. The van der Waals surface area contributed by atoms with Crippen LogP contribution < -0.4 is 0 Å². The fourth-order valence-corrected chi connectivity index (χ4v) is 1.52. The van der Waals surface area contributed by atoms with Gasteiger partial charge >= 0.3 is 0 Å². The summed E-state index contributed by atoms with van der Waals surface area (Å²) in [5.74, 6) is 0.620. The van der Waals surface area contributed by atoms with Gasteiger partial charge in [-0.2, -0.15) is 0 Å². The van der Waals surface area contributed by atoms with E-state index in [9.17, 15) is 0 Å². The topological polar surface area (TPSA) is 12.4 Å². The fraction of sp³-hybridized carbons (Fsp3) is 0.308. The van der Waals surface area contributed by atoms with Crippen molar-refractivity contribution < 1.29 is 0 Å². The molecule has 1 aromatic rings. The Bertz CT molecular complexity index is 341. The van der Waals surface area contributed by atoms with Crippen molar-refractivity contribution in [1.29, 1.82) is 0 Å². The van der Waals surface area contributed by atoms with E-state index >= 15 is 0 Å². The van der Waals surface area contributed by atoms with Crippen molar-refractivity contribution in [2.45, 2.75) is 19.8 Å². The van der Waals surface area contributed by atoms with Gasteiger partial charge in [0, 0.05) is 11.6 Å². The van der Waals surface area contributed by atoms with Crippen LogP contribution in [0.1, 0.15) is 25.3 Å². The summed E-state index contributed by atoms with van der Waals surface area (Å²) < 4.78 is 0. The third-order valence-electron chi connectivity index (χ3n) is 2.19. The minimum Gasteiger partial charge on any atom is -0.258 e.